The fraction of sp³-hybridized carbons (Fsp3) is 0.143. The van der Waals surface area contributed by atoms with E-state index in [2.05, 4.69) is 15.3 Å². The Balaban J connectivity index is 1.99. The molecule has 4 N–H and O–H groups in total. The summed E-state index contributed by atoms with van der Waals surface area (Å²) in [5.41, 5.74) is 5.43. The first-order valence-corrected chi connectivity index (χ1v) is 6.27. The second-order valence-corrected chi connectivity index (χ2v) is 4.36. The lowest BCUT2D eigenvalue weighted by atomic mass is 10.1. The van der Waals surface area contributed by atoms with Crippen molar-refractivity contribution in [1.29, 1.82) is 0 Å². The number of aromatic nitrogens is 2. The molecule has 2 aromatic rings. The van der Waals surface area contributed by atoms with Gasteiger partial charge >= 0.3 is 0 Å². The zero-order chi connectivity index (χ0) is 15.2. The Bertz CT molecular complexity index is 710. The zero-order valence-corrected chi connectivity index (χ0v) is 11.1. The van der Waals surface area contributed by atoms with Gasteiger partial charge in [-0.15, -0.1) is 0 Å². The lowest BCUT2D eigenvalue weighted by molar-refractivity contribution is 0.0953. The number of hydrogen-bond donors (Lipinski definition) is 3. The summed E-state index contributed by atoms with van der Waals surface area (Å²) in [6.45, 7) is 0.424. The molecule has 0 fully saturated rings. The Morgan fingerprint density at radius 1 is 1.29 bits per heavy atom. The largest absolute Gasteiger partial charge is 0.365 e. The van der Waals surface area contributed by atoms with Crippen molar-refractivity contribution >= 4 is 11.8 Å². The van der Waals surface area contributed by atoms with Gasteiger partial charge in [-0.2, -0.15) is 0 Å². The molecule has 21 heavy (non-hydrogen) atoms. The summed E-state index contributed by atoms with van der Waals surface area (Å²) >= 11 is 0. The number of hydrogen-bond acceptors (Lipinski definition) is 4. The molecule has 2 rings (SSSR count). The number of carbonyl (C=O) groups is 2. The lowest BCUT2D eigenvalue weighted by Crippen LogP contribution is -2.29. The molecule has 108 valence electrons. The lowest BCUT2D eigenvalue weighted by Gasteiger charge is -2.06. The number of amides is 2. The normalized spacial score (nSPS) is 10.1. The van der Waals surface area contributed by atoms with E-state index in [0.717, 1.165) is 5.56 Å². The van der Waals surface area contributed by atoms with E-state index in [1.807, 2.05) is 12.1 Å². The molecule has 0 saturated heterocycles. The highest BCUT2D eigenvalue weighted by Crippen LogP contribution is 2.00. The SMILES string of the molecule is NC(=O)c1cc(C(=O)NCCc2ccncc2)c[nH]c1=O. The van der Waals surface area contributed by atoms with Gasteiger partial charge in [-0.3, -0.25) is 19.4 Å². The minimum atomic E-state index is -0.873. The van der Waals surface area contributed by atoms with Crippen LogP contribution >= 0.6 is 0 Å². The third-order valence-corrected chi connectivity index (χ3v) is 2.88. The van der Waals surface area contributed by atoms with Gasteiger partial charge in [-0.25, -0.2) is 0 Å². The monoisotopic (exact) mass is 286 g/mol. The van der Waals surface area contributed by atoms with Crippen LogP contribution in [-0.4, -0.2) is 28.3 Å². The Hall–Kier alpha value is -2.96. The number of H-pyrrole nitrogens is 1. The van der Waals surface area contributed by atoms with Crippen LogP contribution in [0.1, 0.15) is 26.3 Å². The minimum absolute atomic E-state index is 0.179. The van der Waals surface area contributed by atoms with E-state index in [0.29, 0.717) is 13.0 Å². The summed E-state index contributed by atoms with van der Waals surface area (Å²) in [5.74, 6) is -1.26. The molecule has 0 bridgehead atoms. The van der Waals surface area contributed by atoms with E-state index < -0.39 is 11.5 Å². The number of nitrogens with zero attached hydrogens (tertiary/aromatic N) is 1. The van der Waals surface area contributed by atoms with Crippen molar-refractivity contribution in [1.82, 2.24) is 15.3 Å². The Morgan fingerprint density at radius 2 is 2.00 bits per heavy atom. The fourth-order valence-electron chi connectivity index (χ4n) is 1.77. The average Bonchev–Trinajstić information content (AvgIpc) is 2.48. The predicted molar refractivity (Wildman–Crippen MR) is 75.9 cm³/mol. The molecule has 7 heteroatoms. The van der Waals surface area contributed by atoms with Crippen LogP contribution in [0.25, 0.3) is 0 Å². The molecule has 0 unspecified atom stereocenters. The Morgan fingerprint density at radius 3 is 2.67 bits per heavy atom. The third-order valence-electron chi connectivity index (χ3n) is 2.88. The molecule has 2 amide bonds. The molecular weight excluding hydrogens is 272 g/mol. The van der Waals surface area contributed by atoms with Crippen molar-refractivity contribution in [2.24, 2.45) is 5.73 Å². The summed E-state index contributed by atoms with van der Waals surface area (Å²) in [6.07, 6.45) is 5.26. The third kappa shape index (κ3) is 3.75. The second-order valence-electron chi connectivity index (χ2n) is 4.36. The van der Waals surface area contributed by atoms with Crippen LogP contribution in [0.15, 0.2) is 41.6 Å². The van der Waals surface area contributed by atoms with Gasteiger partial charge < -0.3 is 16.0 Å². The van der Waals surface area contributed by atoms with E-state index in [9.17, 15) is 14.4 Å². The van der Waals surface area contributed by atoms with Crippen molar-refractivity contribution in [2.75, 3.05) is 6.54 Å². The van der Waals surface area contributed by atoms with Crippen LogP contribution in [0, 0.1) is 0 Å². The van der Waals surface area contributed by atoms with Crippen LogP contribution in [0.3, 0.4) is 0 Å². The van der Waals surface area contributed by atoms with Crippen LogP contribution in [0.5, 0.6) is 0 Å². The molecule has 0 radical (unpaired) electrons. The predicted octanol–water partition coefficient (Wildman–Crippen LogP) is -0.159. The molecule has 0 saturated carbocycles. The molecule has 0 atom stereocenters. The van der Waals surface area contributed by atoms with Crippen molar-refractivity contribution in [3.05, 3.63) is 63.8 Å². The molecular formula is C14H14N4O3. The number of aromatic amines is 1. The van der Waals surface area contributed by atoms with Crippen molar-refractivity contribution in [3.63, 3.8) is 0 Å². The molecule has 0 aliphatic carbocycles. The van der Waals surface area contributed by atoms with Gasteiger partial charge in [0.2, 0.25) is 0 Å². The molecule has 0 aliphatic heterocycles. The quantitative estimate of drug-likeness (QED) is 0.707. The summed E-state index contributed by atoms with van der Waals surface area (Å²) in [5, 5.41) is 2.70. The molecule has 0 aromatic carbocycles. The van der Waals surface area contributed by atoms with Gasteiger partial charge in [-0.05, 0) is 30.2 Å². The van der Waals surface area contributed by atoms with Gasteiger partial charge in [0.15, 0.2) is 0 Å². The van der Waals surface area contributed by atoms with Gasteiger partial charge in [0, 0.05) is 25.1 Å². The smallest absolute Gasteiger partial charge is 0.260 e. The number of nitrogens with one attached hydrogen (secondary N) is 2. The van der Waals surface area contributed by atoms with Crippen LogP contribution < -0.4 is 16.6 Å². The molecule has 2 heterocycles. The van der Waals surface area contributed by atoms with Crippen molar-refractivity contribution in [2.45, 2.75) is 6.42 Å². The van der Waals surface area contributed by atoms with Crippen LogP contribution in [0.2, 0.25) is 0 Å². The van der Waals surface area contributed by atoms with Gasteiger partial charge in [0.1, 0.15) is 5.56 Å². The zero-order valence-electron chi connectivity index (χ0n) is 11.1. The first kappa shape index (κ1) is 14.4. The van der Waals surface area contributed by atoms with Crippen molar-refractivity contribution in [3.8, 4) is 0 Å². The highest BCUT2D eigenvalue weighted by Gasteiger charge is 2.11. The second kappa shape index (κ2) is 6.47. The molecule has 7 nitrogen and oxygen atoms in total. The molecule has 0 spiro atoms. The summed E-state index contributed by atoms with van der Waals surface area (Å²) < 4.78 is 0. The minimum Gasteiger partial charge on any atom is -0.365 e. The topological polar surface area (TPSA) is 118 Å². The van der Waals surface area contributed by atoms with Gasteiger partial charge in [0.05, 0.1) is 5.56 Å². The number of nitrogens with two attached hydrogens (primary N) is 1. The number of primary amides is 1. The number of pyridine rings is 2. The van der Waals surface area contributed by atoms with E-state index >= 15 is 0 Å². The fourth-order valence-corrected chi connectivity index (χ4v) is 1.77. The average molecular weight is 286 g/mol. The molecule has 0 aliphatic rings. The summed E-state index contributed by atoms with van der Waals surface area (Å²) in [4.78, 5) is 40.5. The number of carbonyl (C=O) groups excluding carboxylic acids is 2. The van der Waals surface area contributed by atoms with Gasteiger partial charge in [0.25, 0.3) is 17.4 Å². The highest BCUT2D eigenvalue weighted by molar-refractivity contribution is 5.98. The van der Waals surface area contributed by atoms with Crippen LogP contribution in [0.4, 0.5) is 0 Å². The number of rotatable bonds is 5. The summed E-state index contributed by atoms with van der Waals surface area (Å²) in [6, 6.07) is 4.90. The standard InChI is InChI=1S/C14H14N4O3/c15-12(19)11-7-10(8-18-14(11)21)13(20)17-6-3-9-1-4-16-5-2-9/h1-2,4-5,7-8H,3,6H2,(H2,15,19)(H,17,20)(H,18,21). The Kier molecular flexibility index (Phi) is 4.45. The maximum Gasteiger partial charge on any atom is 0.260 e. The first-order chi connectivity index (χ1) is 10.1. The molecule has 2 aromatic heterocycles. The first-order valence-electron chi connectivity index (χ1n) is 6.27. The van der Waals surface area contributed by atoms with Crippen LogP contribution in [-0.2, 0) is 6.42 Å². The van der Waals surface area contributed by atoms with E-state index in [1.54, 1.807) is 12.4 Å². The maximum atomic E-state index is 11.9. The van der Waals surface area contributed by atoms with Crippen molar-refractivity contribution < 1.29 is 9.59 Å². The maximum absolute atomic E-state index is 11.9. The highest BCUT2D eigenvalue weighted by atomic mass is 16.2. The van der Waals surface area contributed by atoms with E-state index in [4.69, 9.17) is 5.73 Å². The van der Waals surface area contributed by atoms with E-state index in [1.165, 1.54) is 12.3 Å². The van der Waals surface area contributed by atoms with Gasteiger partial charge in [-0.1, -0.05) is 0 Å². The Labute approximate surface area is 120 Å². The van der Waals surface area contributed by atoms with E-state index in [-0.39, 0.29) is 17.0 Å². The summed E-state index contributed by atoms with van der Waals surface area (Å²) in [7, 11) is 0.